The van der Waals surface area contributed by atoms with Gasteiger partial charge in [-0.1, -0.05) is 28.1 Å². The maximum atomic E-state index is 9.32. The highest BCUT2D eigenvalue weighted by atomic mass is 79.9. The fourth-order valence-corrected chi connectivity index (χ4v) is 2.69. The van der Waals surface area contributed by atoms with Crippen molar-refractivity contribution < 1.29 is 4.74 Å². The van der Waals surface area contributed by atoms with Crippen LogP contribution in [0, 0.1) is 11.3 Å². The van der Waals surface area contributed by atoms with Crippen LogP contribution < -0.4 is 4.74 Å². The van der Waals surface area contributed by atoms with Gasteiger partial charge in [0, 0.05) is 29.1 Å². The SMILES string of the molecule is N#Cc1cccc2c1C/C(=C\CCBr)c1cccnc1O2. The van der Waals surface area contributed by atoms with Crippen molar-refractivity contribution in [2.24, 2.45) is 0 Å². The minimum Gasteiger partial charge on any atom is -0.438 e. The molecule has 0 N–H and O–H groups in total. The quantitative estimate of drug-likeness (QED) is 0.757. The van der Waals surface area contributed by atoms with Gasteiger partial charge in [0.05, 0.1) is 11.6 Å². The first-order valence-corrected chi connectivity index (χ1v) is 7.86. The number of hydrogen-bond donors (Lipinski definition) is 0. The van der Waals surface area contributed by atoms with Gasteiger partial charge in [0.1, 0.15) is 5.75 Å². The second-order valence-electron chi connectivity index (χ2n) is 4.74. The molecule has 104 valence electrons. The molecule has 3 rings (SSSR count). The molecule has 3 nitrogen and oxygen atoms in total. The average molecular weight is 341 g/mol. The summed E-state index contributed by atoms with van der Waals surface area (Å²) >= 11 is 3.45. The summed E-state index contributed by atoms with van der Waals surface area (Å²) < 4.78 is 5.94. The molecule has 0 unspecified atom stereocenters. The number of alkyl halides is 1. The van der Waals surface area contributed by atoms with E-state index in [-0.39, 0.29) is 0 Å². The lowest BCUT2D eigenvalue weighted by Gasteiger charge is -2.07. The maximum Gasteiger partial charge on any atom is 0.226 e. The van der Waals surface area contributed by atoms with Crippen molar-refractivity contribution in [3.63, 3.8) is 0 Å². The summed E-state index contributed by atoms with van der Waals surface area (Å²) in [7, 11) is 0. The molecule has 1 aliphatic rings. The number of hydrogen-bond acceptors (Lipinski definition) is 3. The van der Waals surface area contributed by atoms with Crippen LogP contribution in [0.25, 0.3) is 5.57 Å². The number of halogens is 1. The molecule has 0 aliphatic carbocycles. The Bertz CT molecular complexity index is 747. The second kappa shape index (κ2) is 6.11. The highest BCUT2D eigenvalue weighted by molar-refractivity contribution is 9.09. The zero-order chi connectivity index (χ0) is 14.7. The number of nitrogens with zero attached hydrogens (tertiary/aromatic N) is 2. The molecule has 1 aromatic heterocycles. The molecule has 0 spiro atoms. The number of pyridine rings is 1. The minimum atomic E-state index is 0.604. The summed E-state index contributed by atoms with van der Waals surface area (Å²) in [6, 6.07) is 11.7. The lowest BCUT2D eigenvalue weighted by Crippen LogP contribution is -1.93. The molecule has 1 aromatic carbocycles. The summed E-state index contributed by atoms with van der Waals surface area (Å²) in [5, 5.41) is 10.2. The van der Waals surface area contributed by atoms with Crippen molar-refractivity contribution in [2.75, 3.05) is 5.33 Å². The van der Waals surface area contributed by atoms with Crippen LogP contribution >= 0.6 is 15.9 Å². The fourth-order valence-electron chi connectivity index (χ4n) is 2.47. The van der Waals surface area contributed by atoms with E-state index in [0.29, 0.717) is 17.9 Å². The molecule has 0 atom stereocenters. The molecule has 2 heterocycles. The van der Waals surface area contributed by atoms with Gasteiger partial charge in [-0.2, -0.15) is 5.26 Å². The number of ether oxygens (including phenoxy) is 1. The van der Waals surface area contributed by atoms with E-state index in [2.05, 4.69) is 33.1 Å². The van der Waals surface area contributed by atoms with E-state index in [0.717, 1.165) is 34.2 Å². The number of nitriles is 1. The summed E-state index contributed by atoms with van der Waals surface area (Å²) in [6.07, 6.45) is 5.51. The molecule has 0 saturated carbocycles. The smallest absolute Gasteiger partial charge is 0.226 e. The summed E-state index contributed by atoms with van der Waals surface area (Å²) in [5.41, 5.74) is 3.74. The highest BCUT2D eigenvalue weighted by Gasteiger charge is 2.21. The van der Waals surface area contributed by atoms with Crippen LogP contribution in [0.5, 0.6) is 11.6 Å². The highest BCUT2D eigenvalue weighted by Crippen LogP contribution is 2.38. The van der Waals surface area contributed by atoms with Crippen LogP contribution in [-0.4, -0.2) is 10.3 Å². The van der Waals surface area contributed by atoms with E-state index < -0.39 is 0 Å². The topological polar surface area (TPSA) is 45.9 Å². The molecule has 0 amide bonds. The van der Waals surface area contributed by atoms with Crippen molar-refractivity contribution in [1.29, 1.82) is 5.26 Å². The van der Waals surface area contributed by atoms with Gasteiger partial charge < -0.3 is 4.74 Å². The van der Waals surface area contributed by atoms with E-state index in [9.17, 15) is 5.26 Å². The van der Waals surface area contributed by atoms with Crippen LogP contribution in [0.2, 0.25) is 0 Å². The van der Waals surface area contributed by atoms with E-state index in [1.54, 1.807) is 6.20 Å². The lowest BCUT2D eigenvalue weighted by molar-refractivity contribution is 0.460. The average Bonchev–Trinajstić information content (AvgIpc) is 2.68. The number of allylic oxidation sites excluding steroid dienone is 2. The van der Waals surface area contributed by atoms with Gasteiger partial charge in [0.2, 0.25) is 5.88 Å². The molecule has 0 fully saturated rings. The summed E-state index contributed by atoms with van der Waals surface area (Å²) in [4.78, 5) is 4.33. The Morgan fingerprint density at radius 1 is 1.33 bits per heavy atom. The molecule has 0 radical (unpaired) electrons. The van der Waals surface area contributed by atoms with E-state index in [1.807, 2.05) is 30.3 Å². The van der Waals surface area contributed by atoms with Crippen molar-refractivity contribution in [3.8, 4) is 17.7 Å². The van der Waals surface area contributed by atoms with Crippen molar-refractivity contribution in [1.82, 2.24) is 4.98 Å². The van der Waals surface area contributed by atoms with Crippen LogP contribution in [0.3, 0.4) is 0 Å². The van der Waals surface area contributed by atoms with Gasteiger partial charge in [-0.15, -0.1) is 0 Å². The van der Waals surface area contributed by atoms with E-state index >= 15 is 0 Å². The van der Waals surface area contributed by atoms with E-state index in [4.69, 9.17) is 4.74 Å². The number of fused-ring (bicyclic) bond motifs is 2. The molecule has 2 aromatic rings. The van der Waals surface area contributed by atoms with Gasteiger partial charge in [-0.25, -0.2) is 4.98 Å². The number of rotatable bonds is 2. The van der Waals surface area contributed by atoms with E-state index in [1.165, 1.54) is 0 Å². The first kappa shape index (κ1) is 13.8. The molecule has 1 aliphatic heterocycles. The van der Waals surface area contributed by atoms with Gasteiger partial charge in [0.15, 0.2) is 0 Å². The van der Waals surface area contributed by atoms with Crippen molar-refractivity contribution in [2.45, 2.75) is 12.8 Å². The Morgan fingerprint density at radius 2 is 2.24 bits per heavy atom. The minimum absolute atomic E-state index is 0.604. The lowest BCUT2D eigenvalue weighted by atomic mass is 9.95. The van der Waals surface area contributed by atoms with Crippen LogP contribution in [0.1, 0.15) is 23.1 Å². The van der Waals surface area contributed by atoms with Crippen LogP contribution in [-0.2, 0) is 6.42 Å². The summed E-state index contributed by atoms with van der Waals surface area (Å²) in [5.74, 6) is 1.32. The van der Waals surface area contributed by atoms with Gasteiger partial charge in [0.25, 0.3) is 0 Å². The predicted molar refractivity (Wildman–Crippen MR) is 85.6 cm³/mol. The van der Waals surface area contributed by atoms with Crippen LogP contribution in [0.15, 0.2) is 42.6 Å². The monoisotopic (exact) mass is 340 g/mol. The number of aromatic nitrogens is 1. The molecular formula is C17H13BrN2O. The normalized spacial score (nSPS) is 14.6. The van der Waals surface area contributed by atoms with Crippen molar-refractivity contribution >= 4 is 21.5 Å². The first-order valence-electron chi connectivity index (χ1n) is 6.73. The Kier molecular flexibility index (Phi) is 4.03. The van der Waals surface area contributed by atoms with Gasteiger partial charge in [-0.05, 0) is 36.3 Å². The standard InChI is InChI=1S/C17H13BrN2O/c18-8-2-5-12-10-15-13(11-19)4-1-7-16(15)21-17-14(12)6-3-9-20-17/h1,3-7,9H,2,8,10H2/b12-5+. The maximum absolute atomic E-state index is 9.32. The Hall–Kier alpha value is -2.12. The summed E-state index contributed by atoms with van der Waals surface area (Å²) in [6.45, 7) is 0. The van der Waals surface area contributed by atoms with Crippen molar-refractivity contribution in [3.05, 3.63) is 59.3 Å². The predicted octanol–water partition coefficient (Wildman–Crippen LogP) is 4.47. The Labute approximate surface area is 132 Å². The molecule has 21 heavy (non-hydrogen) atoms. The molecule has 0 saturated heterocycles. The zero-order valence-corrected chi connectivity index (χ0v) is 12.9. The van der Waals surface area contributed by atoms with Crippen LogP contribution in [0.4, 0.5) is 0 Å². The Balaban J connectivity index is 2.17. The Morgan fingerprint density at radius 3 is 3.05 bits per heavy atom. The third-order valence-corrected chi connectivity index (χ3v) is 3.90. The second-order valence-corrected chi connectivity index (χ2v) is 5.53. The molecule has 0 bridgehead atoms. The van der Waals surface area contributed by atoms with Gasteiger partial charge in [-0.3, -0.25) is 0 Å². The van der Waals surface area contributed by atoms with Gasteiger partial charge >= 0.3 is 0 Å². The molecular weight excluding hydrogens is 328 g/mol. The third kappa shape index (κ3) is 2.70. The largest absolute Gasteiger partial charge is 0.438 e. The zero-order valence-electron chi connectivity index (χ0n) is 11.3. The molecule has 4 heteroatoms. The third-order valence-electron chi connectivity index (χ3n) is 3.44. The fraction of sp³-hybridized carbons (Fsp3) is 0.176. The first-order chi connectivity index (χ1) is 10.3. The number of benzene rings is 1.